The van der Waals surface area contributed by atoms with Gasteiger partial charge in [-0.3, -0.25) is 4.90 Å². The van der Waals surface area contributed by atoms with Crippen molar-refractivity contribution in [2.75, 3.05) is 40.3 Å². The normalized spacial score (nSPS) is 34.9. The van der Waals surface area contributed by atoms with E-state index in [4.69, 9.17) is 4.74 Å². The number of nitrogens with zero attached hydrogens (tertiary/aromatic N) is 2. The summed E-state index contributed by atoms with van der Waals surface area (Å²) in [5.74, 6) is 0. The van der Waals surface area contributed by atoms with Crippen molar-refractivity contribution in [3.8, 4) is 0 Å². The number of likely N-dealkylation sites (N-methyl/N-ethyl adjacent to an activating group) is 1. The van der Waals surface area contributed by atoms with Crippen molar-refractivity contribution >= 4 is 0 Å². The number of likely N-dealkylation sites (tertiary alicyclic amines) is 1. The minimum atomic E-state index is -0.135. The zero-order valence-corrected chi connectivity index (χ0v) is 11.1. The highest BCUT2D eigenvalue weighted by Crippen LogP contribution is 2.21. The fourth-order valence-electron chi connectivity index (χ4n) is 3.02. The van der Waals surface area contributed by atoms with Crippen LogP contribution in [0.4, 0.5) is 0 Å². The van der Waals surface area contributed by atoms with E-state index in [0.29, 0.717) is 12.1 Å². The van der Waals surface area contributed by atoms with Gasteiger partial charge in [0.25, 0.3) is 0 Å². The average molecular weight is 242 g/mol. The molecule has 0 aliphatic carbocycles. The Morgan fingerprint density at radius 1 is 1.41 bits per heavy atom. The van der Waals surface area contributed by atoms with Crippen molar-refractivity contribution in [2.45, 2.75) is 43.9 Å². The molecule has 2 heterocycles. The molecule has 3 unspecified atom stereocenters. The molecular weight excluding hydrogens is 216 g/mol. The van der Waals surface area contributed by atoms with Gasteiger partial charge in [0.15, 0.2) is 0 Å². The van der Waals surface area contributed by atoms with E-state index in [1.54, 1.807) is 0 Å². The molecule has 0 amide bonds. The maximum atomic E-state index is 9.78. The molecule has 17 heavy (non-hydrogen) atoms. The van der Waals surface area contributed by atoms with Crippen LogP contribution in [0, 0.1) is 0 Å². The van der Waals surface area contributed by atoms with Crippen molar-refractivity contribution in [3.05, 3.63) is 0 Å². The van der Waals surface area contributed by atoms with Crippen LogP contribution >= 0.6 is 0 Å². The quantitative estimate of drug-likeness (QED) is 0.764. The summed E-state index contributed by atoms with van der Waals surface area (Å²) in [4.78, 5) is 4.65. The minimum absolute atomic E-state index is 0.135. The van der Waals surface area contributed by atoms with Gasteiger partial charge in [-0.05, 0) is 39.8 Å². The van der Waals surface area contributed by atoms with Gasteiger partial charge in [-0.15, -0.1) is 0 Å². The third-order valence-electron chi connectivity index (χ3n) is 3.84. The zero-order valence-electron chi connectivity index (χ0n) is 11.1. The topological polar surface area (TPSA) is 35.9 Å². The van der Waals surface area contributed by atoms with Gasteiger partial charge in [-0.25, -0.2) is 0 Å². The Balaban J connectivity index is 1.76. The van der Waals surface area contributed by atoms with Crippen LogP contribution in [-0.4, -0.2) is 73.5 Å². The molecule has 0 spiro atoms. The smallest absolute Gasteiger partial charge is 0.0682 e. The van der Waals surface area contributed by atoms with E-state index in [-0.39, 0.29) is 6.10 Å². The summed E-state index contributed by atoms with van der Waals surface area (Å²) < 4.78 is 5.66. The fraction of sp³-hybridized carbons (Fsp3) is 1.00. The highest BCUT2D eigenvalue weighted by Gasteiger charge is 2.31. The van der Waals surface area contributed by atoms with E-state index >= 15 is 0 Å². The van der Waals surface area contributed by atoms with Gasteiger partial charge in [-0.2, -0.15) is 0 Å². The first-order chi connectivity index (χ1) is 8.15. The predicted molar refractivity (Wildman–Crippen MR) is 68.1 cm³/mol. The molecule has 2 rings (SSSR count). The Morgan fingerprint density at radius 2 is 2.24 bits per heavy atom. The molecule has 2 saturated heterocycles. The first-order valence-corrected chi connectivity index (χ1v) is 6.83. The summed E-state index contributed by atoms with van der Waals surface area (Å²) >= 11 is 0. The van der Waals surface area contributed by atoms with Crippen LogP contribution in [0.5, 0.6) is 0 Å². The summed E-state index contributed by atoms with van der Waals surface area (Å²) in [7, 11) is 4.20. The Bertz CT molecular complexity index is 229. The monoisotopic (exact) mass is 242 g/mol. The van der Waals surface area contributed by atoms with E-state index in [2.05, 4.69) is 23.9 Å². The van der Waals surface area contributed by atoms with Crippen LogP contribution in [0.25, 0.3) is 0 Å². The molecule has 4 nitrogen and oxygen atoms in total. The maximum absolute atomic E-state index is 9.78. The largest absolute Gasteiger partial charge is 0.392 e. The van der Waals surface area contributed by atoms with E-state index in [1.165, 1.54) is 12.8 Å². The molecular formula is C13H26N2O2. The molecule has 0 radical (unpaired) electrons. The van der Waals surface area contributed by atoms with Gasteiger partial charge < -0.3 is 14.7 Å². The molecule has 0 aromatic rings. The summed E-state index contributed by atoms with van der Waals surface area (Å²) in [5, 5.41) is 9.78. The number of β-amino-alcohol motifs (C(OH)–C–C–N with tert-alkyl or cyclic N) is 1. The van der Waals surface area contributed by atoms with E-state index in [0.717, 1.165) is 39.1 Å². The lowest BCUT2D eigenvalue weighted by Crippen LogP contribution is -2.38. The maximum Gasteiger partial charge on any atom is 0.0682 e. The summed E-state index contributed by atoms with van der Waals surface area (Å²) in [6.07, 6.45) is 4.81. The number of aliphatic hydroxyl groups is 1. The van der Waals surface area contributed by atoms with E-state index in [1.807, 2.05) is 0 Å². The molecule has 100 valence electrons. The highest BCUT2D eigenvalue weighted by molar-refractivity contribution is 4.87. The van der Waals surface area contributed by atoms with Crippen LogP contribution in [0.15, 0.2) is 0 Å². The molecule has 0 aromatic heterocycles. The number of hydrogen-bond donors (Lipinski definition) is 1. The lowest BCUT2D eigenvalue weighted by molar-refractivity contribution is 0.0861. The fourth-order valence-corrected chi connectivity index (χ4v) is 3.02. The molecule has 4 heteroatoms. The van der Waals surface area contributed by atoms with Crippen molar-refractivity contribution in [3.63, 3.8) is 0 Å². The second-order valence-corrected chi connectivity index (χ2v) is 5.72. The number of rotatable bonds is 5. The minimum Gasteiger partial charge on any atom is -0.392 e. The summed E-state index contributed by atoms with van der Waals surface area (Å²) in [6.45, 7) is 3.89. The lowest BCUT2D eigenvalue weighted by Gasteiger charge is -2.27. The number of ether oxygens (including phenoxy) is 1. The van der Waals surface area contributed by atoms with Gasteiger partial charge in [0.05, 0.1) is 12.2 Å². The first kappa shape index (κ1) is 13.3. The Hall–Kier alpha value is -0.160. The molecule has 2 aliphatic rings. The highest BCUT2D eigenvalue weighted by atomic mass is 16.5. The molecule has 0 saturated carbocycles. The first-order valence-electron chi connectivity index (χ1n) is 6.83. The van der Waals surface area contributed by atoms with E-state index < -0.39 is 0 Å². The van der Waals surface area contributed by atoms with Crippen molar-refractivity contribution in [1.29, 1.82) is 0 Å². The van der Waals surface area contributed by atoms with Crippen molar-refractivity contribution in [2.24, 2.45) is 0 Å². The van der Waals surface area contributed by atoms with Gasteiger partial charge in [-0.1, -0.05) is 0 Å². The third kappa shape index (κ3) is 3.91. The SMILES string of the molecule is CN(C)CC1CC(O)CN1CCC1CCCO1. The second kappa shape index (κ2) is 6.14. The Morgan fingerprint density at radius 3 is 2.88 bits per heavy atom. The Kier molecular flexibility index (Phi) is 4.79. The molecule has 1 N–H and O–H groups in total. The summed E-state index contributed by atoms with van der Waals surface area (Å²) in [5.41, 5.74) is 0. The van der Waals surface area contributed by atoms with Crippen LogP contribution in [-0.2, 0) is 4.74 Å². The molecule has 3 atom stereocenters. The van der Waals surface area contributed by atoms with Crippen LogP contribution in [0.1, 0.15) is 25.7 Å². The van der Waals surface area contributed by atoms with Gasteiger partial charge in [0.2, 0.25) is 0 Å². The molecule has 0 bridgehead atoms. The molecule has 2 aliphatic heterocycles. The van der Waals surface area contributed by atoms with Crippen molar-refractivity contribution < 1.29 is 9.84 Å². The van der Waals surface area contributed by atoms with Gasteiger partial charge in [0, 0.05) is 32.3 Å². The third-order valence-corrected chi connectivity index (χ3v) is 3.84. The average Bonchev–Trinajstić information content (AvgIpc) is 2.84. The van der Waals surface area contributed by atoms with Crippen LogP contribution < -0.4 is 0 Å². The molecule has 2 fully saturated rings. The van der Waals surface area contributed by atoms with E-state index in [9.17, 15) is 5.11 Å². The second-order valence-electron chi connectivity index (χ2n) is 5.72. The molecule has 0 aromatic carbocycles. The van der Waals surface area contributed by atoms with Gasteiger partial charge in [0.1, 0.15) is 0 Å². The Labute approximate surface area is 105 Å². The van der Waals surface area contributed by atoms with Crippen LogP contribution in [0.2, 0.25) is 0 Å². The summed E-state index contributed by atoms with van der Waals surface area (Å²) in [6, 6.07) is 0.515. The zero-order chi connectivity index (χ0) is 12.3. The lowest BCUT2D eigenvalue weighted by atomic mass is 10.1. The predicted octanol–water partition coefficient (Wildman–Crippen LogP) is 0.552. The van der Waals surface area contributed by atoms with Crippen LogP contribution in [0.3, 0.4) is 0 Å². The number of hydrogen-bond acceptors (Lipinski definition) is 4. The number of aliphatic hydroxyl groups excluding tert-OH is 1. The standard InChI is InChI=1S/C13H26N2O2/c1-14(2)9-11-8-12(16)10-15(11)6-5-13-4-3-7-17-13/h11-13,16H,3-10H2,1-2H3. The van der Waals surface area contributed by atoms with Crippen molar-refractivity contribution in [1.82, 2.24) is 9.80 Å². The van der Waals surface area contributed by atoms with Gasteiger partial charge >= 0.3 is 0 Å².